The molecule has 1 saturated heterocycles. The van der Waals surface area contributed by atoms with E-state index in [1.165, 1.54) is 6.07 Å². The van der Waals surface area contributed by atoms with Gasteiger partial charge in [0.25, 0.3) is 0 Å². The first-order chi connectivity index (χ1) is 15.9. The maximum absolute atomic E-state index is 14.6. The number of aliphatic hydroxyl groups is 1. The van der Waals surface area contributed by atoms with Crippen molar-refractivity contribution in [3.8, 4) is 0 Å². The number of benzene rings is 2. The molecule has 2 N–H and O–H groups in total. The van der Waals surface area contributed by atoms with Gasteiger partial charge in [0.05, 0.1) is 17.7 Å². The third-order valence-corrected chi connectivity index (χ3v) is 7.20. The van der Waals surface area contributed by atoms with Crippen molar-refractivity contribution in [2.75, 3.05) is 6.54 Å². The van der Waals surface area contributed by atoms with Gasteiger partial charge in [-0.25, -0.2) is 9.18 Å². The fourth-order valence-corrected chi connectivity index (χ4v) is 5.32. The summed E-state index contributed by atoms with van der Waals surface area (Å²) >= 11 is 0. The van der Waals surface area contributed by atoms with E-state index < -0.39 is 17.5 Å². The molecule has 4 rings (SSSR count). The highest BCUT2D eigenvalue weighted by atomic mass is 19.1. The van der Waals surface area contributed by atoms with Crippen LogP contribution < -0.4 is 0 Å². The molecule has 174 valence electrons. The maximum Gasteiger partial charge on any atom is 0.335 e. The molecule has 6 heteroatoms. The number of carboxylic acid groups (broad SMARTS) is 1. The zero-order valence-electron chi connectivity index (χ0n) is 18.6. The summed E-state index contributed by atoms with van der Waals surface area (Å²) in [4.78, 5) is 25.3. The summed E-state index contributed by atoms with van der Waals surface area (Å²) < 4.78 is 14.6. The average molecular weight is 452 g/mol. The van der Waals surface area contributed by atoms with Crippen LogP contribution in [0.5, 0.6) is 0 Å². The van der Waals surface area contributed by atoms with Crippen LogP contribution in [-0.2, 0) is 16.6 Å². The van der Waals surface area contributed by atoms with Crippen LogP contribution in [0.2, 0.25) is 0 Å². The number of carboxylic acids is 1. The Morgan fingerprint density at radius 3 is 2.52 bits per heavy atom. The number of nitrogens with zero attached hydrogens (tertiary/aromatic N) is 1. The maximum atomic E-state index is 14.6. The molecule has 1 aliphatic heterocycles. The van der Waals surface area contributed by atoms with Gasteiger partial charge in [-0.05, 0) is 55.0 Å². The van der Waals surface area contributed by atoms with Gasteiger partial charge < -0.3 is 15.1 Å². The van der Waals surface area contributed by atoms with Crippen LogP contribution in [0.25, 0.3) is 0 Å². The highest BCUT2D eigenvalue weighted by Crippen LogP contribution is 2.45. The minimum absolute atomic E-state index is 0.0750. The second-order valence-electron chi connectivity index (χ2n) is 9.12. The summed E-state index contributed by atoms with van der Waals surface area (Å²) in [6, 6.07) is 13.3. The molecule has 1 saturated carbocycles. The van der Waals surface area contributed by atoms with Crippen molar-refractivity contribution in [2.45, 2.75) is 62.5 Å². The van der Waals surface area contributed by atoms with Gasteiger partial charge in [0, 0.05) is 18.4 Å². The smallest absolute Gasteiger partial charge is 0.335 e. The standard InChI is InChI=1S/C27H30FNO4/c28-23-6-2-1-5-22(23)27(16-3-4-17-27)24(30)13-11-21-12-14-25(31)29(21)18-15-19-7-9-20(10-8-19)26(32)33/h1-2,5-11,13,21,24,30H,3-4,12,14-18H2,(H,32,33)/b13-11+/t21-,24-/m0/s1. The van der Waals surface area contributed by atoms with E-state index in [1.807, 2.05) is 17.0 Å². The van der Waals surface area contributed by atoms with Crippen molar-refractivity contribution >= 4 is 11.9 Å². The van der Waals surface area contributed by atoms with Crippen molar-refractivity contribution < 1.29 is 24.2 Å². The van der Waals surface area contributed by atoms with Crippen molar-refractivity contribution in [3.05, 3.63) is 83.2 Å². The van der Waals surface area contributed by atoms with Crippen molar-refractivity contribution in [1.29, 1.82) is 0 Å². The molecule has 2 aliphatic rings. The van der Waals surface area contributed by atoms with Gasteiger partial charge in [0.15, 0.2) is 0 Å². The second kappa shape index (κ2) is 9.87. The highest BCUT2D eigenvalue weighted by Gasteiger charge is 2.43. The lowest BCUT2D eigenvalue weighted by Gasteiger charge is -2.34. The van der Waals surface area contributed by atoms with Crippen LogP contribution in [0.15, 0.2) is 60.7 Å². The topological polar surface area (TPSA) is 77.8 Å². The largest absolute Gasteiger partial charge is 0.478 e. The van der Waals surface area contributed by atoms with Crippen LogP contribution in [0.3, 0.4) is 0 Å². The summed E-state index contributed by atoms with van der Waals surface area (Å²) in [6.07, 6.45) is 7.99. The lowest BCUT2D eigenvalue weighted by molar-refractivity contribution is -0.128. The summed E-state index contributed by atoms with van der Waals surface area (Å²) in [5.74, 6) is -1.17. The molecule has 2 atom stereocenters. The third-order valence-electron chi connectivity index (χ3n) is 7.20. The zero-order chi connectivity index (χ0) is 23.4. The third kappa shape index (κ3) is 4.86. The Balaban J connectivity index is 1.45. The molecule has 1 heterocycles. The number of aromatic carboxylic acids is 1. The predicted molar refractivity (Wildman–Crippen MR) is 124 cm³/mol. The predicted octanol–water partition coefficient (Wildman–Crippen LogP) is 4.49. The molecule has 0 unspecified atom stereocenters. The summed E-state index contributed by atoms with van der Waals surface area (Å²) in [5.41, 5.74) is 1.15. The number of carbonyl (C=O) groups excluding carboxylic acids is 1. The second-order valence-corrected chi connectivity index (χ2v) is 9.12. The Morgan fingerprint density at radius 1 is 1.15 bits per heavy atom. The normalized spacial score (nSPS) is 21.1. The van der Waals surface area contributed by atoms with E-state index >= 15 is 0 Å². The molecule has 0 radical (unpaired) electrons. The van der Waals surface area contributed by atoms with Gasteiger partial charge in [-0.3, -0.25) is 4.79 Å². The van der Waals surface area contributed by atoms with Gasteiger partial charge in [-0.2, -0.15) is 0 Å². The van der Waals surface area contributed by atoms with Crippen molar-refractivity contribution in [1.82, 2.24) is 4.90 Å². The first-order valence-corrected chi connectivity index (χ1v) is 11.6. The first kappa shape index (κ1) is 23.2. The number of amides is 1. The van der Waals surface area contributed by atoms with Gasteiger partial charge in [-0.1, -0.05) is 55.3 Å². The van der Waals surface area contributed by atoms with Crippen molar-refractivity contribution in [2.24, 2.45) is 0 Å². The molecule has 5 nitrogen and oxygen atoms in total. The Morgan fingerprint density at radius 2 is 1.85 bits per heavy atom. The minimum atomic E-state index is -0.963. The van der Waals surface area contributed by atoms with Crippen LogP contribution in [-0.4, -0.2) is 45.7 Å². The molecule has 0 spiro atoms. The molecular formula is C27H30FNO4. The number of carbonyl (C=O) groups is 2. The number of aliphatic hydroxyl groups excluding tert-OH is 1. The Hall–Kier alpha value is -2.99. The van der Waals surface area contributed by atoms with E-state index in [9.17, 15) is 19.1 Å². The number of hydrogen-bond donors (Lipinski definition) is 2. The minimum Gasteiger partial charge on any atom is -0.478 e. The molecule has 0 bridgehead atoms. The fourth-order valence-electron chi connectivity index (χ4n) is 5.32. The molecule has 1 aliphatic carbocycles. The molecule has 0 aromatic heterocycles. The lowest BCUT2D eigenvalue weighted by Crippen LogP contribution is -2.38. The van der Waals surface area contributed by atoms with E-state index in [2.05, 4.69) is 0 Å². The monoisotopic (exact) mass is 451 g/mol. The fraction of sp³-hybridized carbons (Fsp3) is 0.407. The molecule has 2 fully saturated rings. The van der Waals surface area contributed by atoms with E-state index in [0.29, 0.717) is 31.4 Å². The van der Waals surface area contributed by atoms with E-state index in [-0.39, 0.29) is 23.3 Å². The number of halogens is 1. The first-order valence-electron chi connectivity index (χ1n) is 11.6. The van der Waals surface area contributed by atoms with Gasteiger partial charge in [0.2, 0.25) is 5.91 Å². The molecule has 1 amide bonds. The quantitative estimate of drug-likeness (QED) is 0.580. The van der Waals surface area contributed by atoms with Crippen LogP contribution in [0.1, 0.15) is 60.0 Å². The van der Waals surface area contributed by atoms with Crippen LogP contribution in [0.4, 0.5) is 4.39 Å². The lowest BCUT2D eigenvalue weighted by atomic mass is 9.73. The summed E-state index contributed by atoms with van der Waals surface area (Å²) in [5, 5.41) is 20.2. The summed E-state index contributed by atoms with van der Waals surface area (Å²) in [6.45, 7) is 0.523. The van der Waals surface area contributed by atoms with Crippen LogP contribution in [0, 0.1) is 5.82 Å². The molecular weight excluding hydrogens is 421 g/mol. The Kier molecular flexibility index (Phi) is 6.94. The van der Waals surface area contributed by atoms with E-state index in [1.54, 1.807) is 42.5 Å². The average Bonchev–Trinajstić information content (AvgIpc) is 3.44. The number of rotatable bonds is 8. The molecule has 2 aromatic rings. The van der Waals surface area contributed by atoms with Crippen LogP contribution >= 0.6 is 0 Å². The van der Waals surface area contributed by atoms with Gasteiger partial charge in [-0.15, -0.1) is 0 Å². The van der Waals surface area contributed by atoms with Gasteiger partial charge >= 0.3 is 5.97 Å². The number of likely N-dealkylation sites (tertiary alicyclic amines) is 1. The number of hydrogen-bond acceptors (Lipinski definition) is 3. The molecule has 2 aromatic carbocycles. The van der Waals surface area contributed by atoms with E-state index in [0.717, 1.165) is 31.2 Å². The van der Waals surface area contributed by atoms with E-state index in [4.69, 9.17) is 5.11 Å². The summed E-state index contributed by atoms with van der Waals surface area (Å²) in [7, 11) is 0. The van der Waals surface area contributed by atoms with Crippen molar-refractivity contribution in [3.63, 3.8) is 0 Å². The SMILES string of the molecule is O=C(O)c1ccc(CCN2C(=O)CC[C@@H]2/C=C/[C@H](O)C2(c3ccccc3F)CCCC2)cc1. The molecule has 33 heavy (non-hydrogen) atoms. The highest BCUT2D eigenvalue weighted by molar-refractivity contribution is 5.87. The van der Waals surface area contributed by atoms with Gasteiger partial charge in [0.1, 0.15) is 5.82 Å². The Labute approximate surface area is 193 Å². The zero-order valence-corrected chi connectivity index (χ0v) is 18.6. The Bertz CT molecular complexity index is 1030.